The summed E-state index contributed by atoms with van der Waals surface area (Å²) in [6.07, 6.45) is 5.19. The molecule has 7 nitrogen and oxygen atoms in total. The molecule has 2 aromatic heterocycles. The van der Waals surface area contributed by atoms with Gasteiger partial charge in [0.1, 0.15) is 16.1 Å². The van der Waals surface area contributed by atoms with Gasteiger partial charge >= 0.3 is 6.09 Å². The third-order valence-corrected chi connectivity index (χ3v) is 4.50. The van der Waals surface area contributed by atoms with Gasteiger partial charge in [0.05, 0.1) is 11.7 Å². The monoisotopic (exact) mass is 361 g/mol. The van der Waals surface area contributed by atoms with E-state index < -0.39 is 5.60 Å². The molecule has 0 aromatic carbocycles. The lowest BCUT2D eigenvalue weighted by Crippen LogP contribution is -2.50. The summed E-state index contributed by atoms with van der Waals surface area (Å²) in [5, 5.41) is 0.893. The molecule has 1 saturated heterocycles. The van der Waals surface area contributed by atoms with Crippen LogP contribution in [-0.2, 0) is 4.74 Å². The summed E-state index contributed by atoms with van der Waals surface area (Å²) in [4.78, 5) is 29.7. The maximum Gasteiger partial charge on any atom is 0.410 e. The van der Waals surface area contributed by atoms with Crippen molar-refractivity contribution in [3.63, 3.8) is 0 Å². The van der Waals surface area contributed by atoms with Gasteiger partial charge in [-0.1, -0.05) is 0 Å². The first kappa shape index (κ1) is 17.7. The van der Waals surface area contributed by atoms with E-state index >= 15 is 0 Å². The molecular weight excluding hydrogens is 338 g/mol. The predicted molar refractivity (Wildman–Crippen MR) is 99.1 cm³/mol. The first-order valence-corrected chi connectivity index (χ1v) is 9.48. The van der Waals surface area contributed by atoms with Crippen LogP contribution in [0.25, 0.3) is 11.0 Å². The standard InChI is InChI=1S/C17H23N5O2S/c1-17(2,3)24-16(23)22-9-7-21(8-10-22)14-15(25-4)20-12-5-6-18-11-13(12)19-14/h5-6,11H,7-10H2,1-4H3. The smallest absolute Gasteiger partial charge is 0.410 e. The Labute approximate surface area is 151 Å². The number of fused-ring (bicyclic) bond motifs is 1. The molecule has 1 aliphatic heterocycles. The highest BCUT2D eigenvalue weighted by atomic mass is 32.2. The zero-order chi connectivity index (χ0) is 18.0. The number of carbonyl (C=O) groups is 1. The lowest BCUT2D eigenvalue weighted by Gasteiger charge is -2.36. The van der Waals surface area contributed by atoms with Gasteiger partial charge in [0.2, 0.25) is 0 Å². The van der Waals surface area contributed by atoms with Gasteiger partial charge in [-0.2, -0.15) is 0 Å². The van der Waals surface area contributed by atoms with E-state index in [1.54, 1.807) is 29.1 Å². The second kappa shape index (κ2) is 7.03. The zero-order valence-corrected chi connectivity index (χ0v) is 15.8. The molecule has 1 amide bonds. The summed E-state index contributed by atoms with van der Waals surface area (Å²) < 4.78 is 5.45. The number of piperazine rings is 1. The first-order valence-electron chi connectivity index (χ1n) is 8.26. The van der Waals surface area contributed by atoms with E-state index in [1.165, 1.54) is 0 Å². The summed E-state index contributed by atoms with van der Waals surface area (Å²) >= 11 is 1.58. The molecule has 134 valence electrons. The Bertz CT molecular complexity index is 769. The number of thioether (sulfide) groups is 1. The van der Waals surface area contributed by atoms with Gasteiger partial charge in [0, 0.05) is 32.4 Å². The van der Waals surface area contributed by atoms with Crippen LogP contribution in [0.1, 0.15) is 20.8 Å². The summed E-state index contributed by atoms with van der Waals surface area (Å²) in [7, 11) is 0. The van der Waals surface area contributed by atoms with Gasteiger partial charge in [-0.25, -0.2) is 14.8 Å². The molecule has 3 heterocycles. The lowest BCUT2D eigenvalue weighted by molar-refractivity contribution is 0.0240. The number of hydrogen-bond acceptors (Lipinski definition) is 7. The highest BCUT2D eigenvalue weighted by Gasteiger charge is 2.27. The van der Waals surface area contributed by atoms with Crippen molar-refractivity contribution in [2.24, 2.45) is 0 Å². The summed E-state index contributed by atoms with van der Waals surface area (Å²) in [6, 6.07) is 1.87. The van der Waals surface area contributed by atoms with Crippen molar-refractivity contribution in [1.29, 1.82) is 0 Å². The van der Waals surface area contributed by atoms with Crippen molar-refractivity contribution in [2.75, 3.05) is 37.3 Å². The summed E-state index contributed by atoms with van der Waals surface area (Å²) in [5.74, 6) is 0.858. The van der Waals surface area contributed by atoms with E-state index in [-0.39, 0.29) is 6.09 Å². The Morgan fingerprint density at radius 2 is 1.88 bits per heavy atom. The Balaban J connectivity index is 1.74. The Morgan fingerprint density at radius 1 is 1.16 bits per heavy atom. The summed E-state index contributed by atoms with van der Waals surface area (Å²) in [5.41, 5.74) is 1.15. The molecule has 0 saturated carbocycles. The van der Waals surface area contributed by atoms with Crippen molar-refractivity contribution in [3.05, 3.63) is 18.5 Å². The molecule has 25 heavy (non-hydrogen) atoms. The second-order valence-electron chi connectivity index (χ2n) is 6.88. The average molecular weight is 361 g/mol. The van der Waals surface area contributed by atoms with E-state index in [0.29, 0.717) is 26.2 Å². The van der Waals surface area contributed by atoms with Crippen molar-refractivity contribution in [2.45, 2.75) is 31.4 Å². The average Bonchev–Trinajstić information content (AvgIpc) is 2.59. The number of rotatable bonds is 2. The number of ether oxygens (including phenoxy) is 1. The largest absolute Gasteiger partial charge is 0.444 e. The molecule has 0 atom stereocenters. The number of nitrogens with zero attached hydrogens (tertiary/aromatic N) is 5. The quantitative estimate of drug-likeness (QED) is 0.762. The van der Waals surface area contributed by atoms with Crippen molar-refractivity contribution >= 4 is 34.7 Å². The highest BCUT2D eigenvalue weighted by Crippen LogP contribution is 2.28. The van der Waals surface area contributed by atoms with Gasteiger partial charge in [-0.3, -0.25) is 4.98 Å². The number of pyridine rings is 1. The number of carbonyl (C=O) groups excluding carboxylic acids is 1. The molecule has 0 unspecified atom stereocenters. The van der Waals surface area contributed by atoms with Gasteiger partial charge < -0.3 is 14.5 Å². The molecule has 0 spiro atoms. The zero-order valence-electron chi connectivity index (χ0n) is 15.0. The van der Waals surface area contributed by atoms with Gasteiger partial charge in [-0.15, -0.1) is 11.8 Å². The van der Waals surface area contributed by atoms with Gasteiger partial charge in [-0.05, 0) is 33.1 Å². The third-order valence-electron chi connectivity index (χ3n) is 3.84. The van der Waals surface area contributed by atoms with Crippen molar-refractivity contribution in [1.82, 2.24) is 19.9 Å². The number of amides is 1. The number of aromatic nitrogens is 3. The SMILES string of the molecule is CSc1nc2ccncc2nc1N1CCN(C(=O)OC(C)(C)C)CC1. The minimum Gasteiger partial charge on any atom is -0.444 e. The minimum absolute atomic E-state index is 0.258. The van der Waals surface area contributed by atoms with Gasteiger partial charge in [0.15, 0.2) is 5.82 Å². The maximum absolute atomic E-state index is 12.2. The lowest BCUT2D eigenvalue weighted by atomic mass is 10.2. The van der Waals surface area contributed by atoms with Crippen LogP contribution in [0.3, 0.4) is 0 Å². The van der Waals surface area contributed by atoms with E-state index in [1.807, 2.05) is 33.1 Å². The fourth-order valence-corrected chi connectivity index (χ4v) is 3.20. The molecule has 1 fully saturated rings. The molecule has 0 radical (unpaired) electrons. The number of hydrogen-bond donors (Lipinski definition) is 0. The van der Waals surface area contributed by atoms with E-state index in [0.717, 1.165) is 21.9 Å². The van der Waals surface area contributed by atoms with Crippen LogP contribution in [0, 0.1) is 0 Å². The fraction of sp³-hybridized carbons (Fsp3) is 0.529. The maximum atomic E-state index is 12.2. The van der Waals surface area contributed by atoms with Crippen LogP contribution >= 0.6 is 11.8 Å². The molecule has 1 aliphatic rings. The Kier molecular flexibility index (Phi) is 4.99. The molecule has 0 aliphatic carbocycles. The van der Waals surface area contributed by atoms with Crippen LogP contribution < -0.4 is 4.90 Å². The molecule has 8 heteroatoms. The van der Waals surface area contributed by atoms with E-state index in [4.69, 9.17) is 9.72 Å². The minimum atomic E-state index is -0.475. The van der Waals surface area contributed by atoms with E-state index in [9.17, 15) is 4.79 Å². The Hall–Kier alpha value is -2.09. The van der Waals surface area contributed by atoms with Crippen LogP contribution in [0.15, 0.2) is 23.5 Å². The van der Waals surface area contributed by atoms with Crippen molar-refractivity contribution < 1.29 is 9.53 Å². The van der Waals surface area contributed by atoms with Crippen molar-refractivity contribution in [3.8, 4) is 0 Å². The summed E-state index contributed by atoms with van der Waals surface area (Å²) in [6.45, 7) is 8.26. The van der Waals surface area contributed by atoms with Gasteiger partial charge in [0.25, 0.3) is 0 Å². The van der Waals surface area contributed by atoms with Crippen LogP contribution in [0.5, 0.6) is 0 Å². The van der Waals surface area contributed by atoms with Crippen LogP contribution in [-0.4, -0.2) is 64.0 Å². The van der Waals surface area contributed by atoms with Crippen LogP contribution in [0.4, 0.5) is 10.6 Å². The predicted octanol–water partition coefficient (Wildman–Crippen LogP) is 2.80. The third kappa shape index (κ3) is 4.12. The molecular formula is C17H23N5O2S. The molecule has 2 aromatic rings. The highest BCUT2D eigenvalue weighted by molar-refractivity contribution is 7.98. The first-order chi connectivity index (χ1) is 11.9. The number of anilines is 1. The molecule has 0 bridgehead atoms. The van der Waals surface area contributed by atoms with E-state index in [2.05, 4.69) is 14.9 Å². The second-order valence-corrected chi connectivity index (χ2v) is 7.67. The topological polar surface area (TPSA) is 71.5 Å². The fourth-order valence-electron chi connectivity index (χ4n) is 2.65. The molecule has 0 N–H and O–H groups in total. The normalized spacial score (nSPS) is 15.5. The van der Waals surface area contributed by atoms with Crippen LogP contribution in [0.2, 0.25) is 0 Å². The molecule has 3 rings (SSSR count). The Morgan fingerprint density at radius 3 is 2.52 bits per heavy atom.